The third-order valence-corrected chi connectivity index (χ3v) is 3.62. The molecule has 0 atom stereocenters. The fraction of sp³-hybridized carbons (Fsp3) is 0.0588. The lowest BCUT2D eigenvalue weighted by molar-refractivity contribution is -0.137. The van der Waals surface area contributed by atoms with Crippen molar-refractivity contribution in [1.29, 1.82) is 10.5 Å². The van der Waals surface area contributed by atoms with Gasteiger partial charge in [0.2, 0.25) is 0 Å². The highest BCUT2D eigenvalue weighted by molar-refractivity contribution is 5.86. The molecule has 0 aliphatic rings. The van der Waals surface area contributed by atoms with E-state index in [1.165, 1.54) is 18.3 Å². The maximum absolute atomic E-state index is 12.8. The molecule has 1 aromatic carbocycles. The van der Waals surface area contributed by atoms with E-state index in [9.17, 15) is 23.7 Å². The number of hydrogen-bond acceptors (Lipinski definition) is 6. The average molecular weight is 355 g/mol. The van der Waals surface area contributed by atoms with Crippen molar-refractivity contribution < 1.29 is 17.6 Å². The number of benzene rings is 1. The number of oxazole rings is 1. The Morgan fingerprint density at radius 1 is 1.04 bits per heavy atom. The van der Waals surface area contributed by atoms with E-state index < -0.39 is 11.7 Å². The third-order valence-electron chi connectivity index (χ3n) is 3.62. The van der Waals surface area contributed by atoms with Gasteiger partial charge in [-0.25, -0.2) is 9.97 Å². The highest BCUT2D eigenvalue weighted by Gasteiger charge is 2.30. The second-order valence-corrected chi connectivity index (χ2v) is 5.14. The van der Waals surface area contributed by atoms with Gasteiger partial charge in [-0.3, -0.25) is 0 Å². The molecule has 0 bridgehead atoms. The Morgan fingerprint density at radius 2 is 1.69 bits per heavy atom. The van der Waals surface area contributed by atoms with Crippen molar-refractivity contribution in [2.45, 2.75) is 6.18 Å². The number of nitrogens with two attached hydrogens (primary N) is 1. The van der Waals surface area contributed by atoms with Crippen molar-refractivity contribution in [3.05, 3.63) is 53.5 Å². The van der Waals surface area contributed by atoms with Gasteiger partial charge in [0.1, 0.15) is 29.2 Å². The van der Waals surface area contributed by atoms with Gasteiger partial charge in [0.25, 0.3) is 0 Å². The normalized spacial score (nSPS) is 11.0. The average Bonchev–Trinajstić information content (AvgIpc) is 3.14. The summed E-state index contributed by atoms with van der Waals surface area (Å²) >= 11 is 0. The predicted octanol–water partition coefficient (Wildman–Crippen LogP) is 3.75. The number of nitrogen functional groups attached to an aromatic ring is 1. The first-order chi connectivity index (χ1) is 12.4. The van der Waals surface area contributed by atoms with Crippen LogP contribution >= 0.6 is 0 Å². The molecule has 2 heterocycles. The van der Waals surface area contributed by atoms with Crippen molar-refractivity contribution in [3.8, 4) is 34.7 Å². The summed E-state index contributed by atoms with van der Waals surface area (Å²) in [7, 11) is 0. The van der Waals surface area contributed by atoms with Gasteiger partial charge < -0.3 is 10.2 Å². The number of anilines is 1. The number of aromatic nitrogens is 2. The quantitative estimate of drug-likeness (QED) is 0.749. The Morgan fingerprint density at radius 3 is 2.19 bits per heavy atom. The summed E-state index contributed by atoms with van der Waals surface area (Å²) in [6.07, 6.45) is -2.06. The molecule has 26 heavy (non-hydrogen) atoms. The molecule has 0 aliphatic carbocycles. The predicted molar refractivity (Wildman–Crippen MR) is 84.0 cm³/mol. The maximum Gasteiger partial charge on any atom is 0.416 e. The van der Waals surface area contributed by atoms with Crippen LogP contribution in [0.1, 0.15) is 16.7 Å². The third kappa shape index (κ3) is 2.82. The topological polar surface area (TPSA) is 113 Å². The van der Waals surface area contributed by atoms with Crippen molar-refractivity contribution in [1.82, 2.24) is 9.97 Å². The maximum atomic E-state index is 12.8. The molecule has 0 aliphatic heterocycles. The molecule has 128 valence electrons. The van der Waals surface area contributed by atoms with Gasteiger partial charge in [0.05, 0.1) is 17.3 Å². The van der Waals surface area contributed by atoms with Crippen molar-refractivity contribution in [2.75, 3.05) is 5.73 Å². The molecule has 2 N–H and O–H groups in total. The smallest absolute Gasteiger partial charge is 0.416 e. The molecule has 0 amide bonds. The zero-order valence-corrected chi connectivity index (χ0v) is 12.9. The molecule has 0 saturated carbocycles. The number of nitriles is 2. The number of pyridine rings is 1. The molecule has 0 fully saturated rings. The van der Waals surface area contributed by atoms with Gasteiger partial charge >= 0.3 is 6.18 Å². The molecule has 0 saturated heterocycles. The molecular weight excluding hydrogens is 347 g/mol. The zero-order chi connectivity index (χ0) is 18.9. The number of rotatable bonds is 2. The summed E-state index contributed by atoms with van der Waals surface area (Å²) in [6, 6.07) is 7.83. The second kappa shape index (κ2) is 6.22. The molecule has 3 rings (SSSR count). The lowest BCUT2D eigenvalue weighted by atomic mass is 9.93. The summed E-state index contributed by atoms with van der Waals surface area (Å²) in [6.45, 7) is 0. The van der Waals surface area contributed by atoms with E-state index in [0.29, 0.717) is 0 Å². The first-order valence-corrected chi connectivity index (χ1v) is 7.07. The van der Waals surface area contributed by atoms with Gasteiger partial charge in [-0.15, -0.1) is 0 Å². The largest absolute Gasteiger partial charge is 0.442 e. The van der Waals surface area contributed by atoms with Gasteiger partial charge in [0, 0.05) is 5.56 Å². The van der Waals surface area contributed by atoms with Gasteiger partial charge in [-0.1, -0.05) is 12.1 Å². The van der Waals surface area contributed by atoms with Gasteiger partial charge in [0.15, 0.2) is 12.2 Å². The number of halogens is 3. The van der Waals surface area contributed by atoms with E-state index in [2.05, 4.69) is 9.97 Å². The first kappa shape index (κ1) is 17.0. The summed E-state index contributed by atoms with van der Waals surface area (Å²) in [5.74, 6) is -0.0290. The summed E-state index contributed by atoms with van der Waals surface area (Å²) < 4.78 is 43.5. The Hall–Kier alpha value is -3.85. The monoisotopic (exact) mass is 355 g/mol. The van der Waals surface area contributed by atoms with E-state index >= 15 is 0 Å². The summed E-state index contributed by atoms with van der Waals surface area (Å²) in [5.41, 5.74) is 5.17. The van der Waals surface area contributed by atoms with Crippen LogP contribution in [0.2, 0.25) is 0 Å². The molecule has 0 unspecified atom stereocenters. The Labute approximate surface area is 144 Å². The fourth-order valence-corrected chi connectivity index (χ4v) is 2.45. The Bertz CT molecular complexity index is 1040. The molecule has 9 heteroatoms. The lowest BCUT2D eigenvalue weighted by Crippen LogP contribution is -2.05. The Kier molecular flexibility index (Phi) is 4.07. The van der Waals surface area contributed by atoms with Crippen LogP contribution < -0.4 is 5.73 Å². The van der Waals surface area contributed by atoms with Crippen LogP contribution in [0, 0.1) is 22.7 Å². The van der Waals surface area contributed by atoms with Crippen LogP contribution in [0.3, 0.4) is 0 Å². The molecule has 0 radical (unpaired) electrons. The molecule has 2 aromatic heterocycles. The molecular formula is C17H8F3N5O. The Balaban J connectivity index is 2.30. The van der Waals surface area contributed by atoms with Crippen molar-refractivity contribution in [2.24, 2.45) is 0 Å². The minimum atomic E-state index is -4.50. The first-order valence-electron chi connectivity index (χ1n) is 7.07. The number of alkyl halides is 3. The van der Waals surface area contributed by atoms with Crippen LogP contribution in [0.4, 0.5) is 19.0 Å². The SMILES string of the molecule is N#Cc1c(N)nc(-c2cnco2)c(C#N)c1-c1ccc(C(F)(F)F)cc1. The van der Waals surface area contributed by atoms with Crippen LogP contribution in [0.15, 0.2) is 41.3 Å². The molecule has 3 aromatic rings. The standard InChI is InChI=1S/C17H8F3N5O/c18-17(19,20)10-3-1-9(2-4-10)14-11(5-21)15(13-7-24-8-26-13)25-16(23)12(14)6-22/h1-4,7-8H,(H2,23,25). The number of hydrogen-bond donors (Lipinski definition) is 1. The van der Waals surface area contributed by atoms with Crippen molar-refractivity contribution >= 4 is 5.82 Å². The van der Waals surface area contributed by atoms with Crippen LogP contribution in [-0.4, -0.2) is 9.97 Å². The van der Waals surface area contributed by atoms with E-state index in [4.69, 9.17) is 10.2 Å². The van der Waals surface area contributed by atoms with E-state index in [0.717, 1.165) is 18.5 Å². The molecule has 6 nitrogen and oxygen atoms in total. The lowest BCUT2D eigenvalue weighted by Gasteiger charge is -2.13. The zero-order valence-electron chi connectivity index (χ0n) is 12.9. The van der Waals surface area contributed by atoms with Gasteiger partial charge in [-0.05, 0) is 17.7 Å². The van der Waals surface area contributed by atoms with Crippen LogP contribution in [-0.2, 0) is 6.18 Å². The van der Waals surface area contributed by atoms with Gasteiger partial charge in [-0.2, -0.15) is 23.7 Å². The van der Waals surface area contributed by atoms with Crippen molar-refractivity contribution in [3.63, 3.8) is 0 Å². The highest BCUT2D eigenvalue weighted by atomic mass is 19.4. The summed E-state index contributed by atoms with van der Waals surface area (Å²) in [5, 5.41) is 19.0. The minimum Gasteiger partial charge on any atom is -0.442 e. The van der Waals surface area contributed by atoms with E-state index in [1.54, 1.807) is 0 Å². The van der Waals surface area contributed by atoms with E-state index in [-0.39, 0.29) is 39.5 Å². The number of nitrogens with zero attached hydrogens (tertiary/aromatic N) is 4. The fourth-order valence-electron chi connectivity index (χ4n) is 2.45. The molecule has 0 spiro atoms. The minimum absolute atomic E-state index is 0.0488. The summed E-state index contributed by atoms with van der Waals surface area (Å²) in [4.78, 5) is 7.76. The van der Waals surface area contributed by atoms with E-state index in [1.807, 2.05) is 12.1 Å². The van der Waals surface area contributed by atoms with Crippen LogP contribution in [0.5, 0.6) is 0 Å². The second-order valence-electron chi connectivity index (χ2n) is 5.14. The van der Waals surface area contributed by atoms with Crippen LogP contribution in [0.25, 0.3) is 22.6 Å². The highest BCUT2D eigenvalue weighted by Crippen LogP contribution is 2.37.